The summed E-state index contributed by atoms with van der Waals surface area (Å²) in [6.07, 6.45) is 0. The molecular weight excluding hydrogens is 273 g/mol. The van der Waals surface area contributed by atoms with Crippen molar-refractivity contribution in [3.05, 3.63) is 69.0 Å². The highest BCUT2D eigenvalue weighted by atomic mass is 35.5. The number of ether oxygens (including phenoxy) is 1. The first-order valence-electron chi connectivity index (χ1n) is 5.38. The van der Waals surface area contributed by atoms with Crippen molar-refractivity contribution in [2.75, 3.05) is 0 Å². The van der Waals surface area contributed by atoms with Crippen LogP contribution in [0.2, 0.25) is 5.02 Å². The van der Waals surface area contributed by atoms with Crippen LogP contribution >= 0.6 is 11.6 Å². The Morgan fingerprint density at radius 3 is 2.68 bits per heavy atom. The fourth-order valence-corrected chi connectivity index (χ4v) is 1.75. The van der Waals surface area contributed by atoms with E-state index in [-0.39, 0.29) is 23.1 Å². The Morgan fingerprint density at radius 1 is 1.26 bits per heavy atom. The minimum Gasteiger partial charge on any atom is -0.482 e. The summed E-state index contributed by atoms with van der Waals surface area (Å²) in [5.74, 6) is -0.299. The topological polar surface area (TPSA) is 52.4 Å². The van der Waals surface area contributed by atoms with Crippen molar-refractivity contribution in [1.82, 2.24) is 0 Å². The average molecular weight is 282 g/mol. The van der Waals surface area contributed by atoms with Crippen LogP contribution in [0.25, 0.3) is 0 Å². The van der Waals surface area contributed by atoms with Gasteiger partial charge >= 0.3 is 5.69 Å². The van der Waals surface area contributed by atoms with Gasteiger partial charge in [-0.15, -0.1) is 0 Å². The second kappa shape index (κ2) is 5.67. The van der Waals surface area contributed by atoms with E-state index in [0.717, 1.165) is 0 Å². The molecule has 0 fully saturated rings. The molecule has 2 aromatic carbocycles. The Bertz CT molecular complexity index is 619. The molecule has 0 radical (unpaired) electrons. The lowest BCUT2D eigenvalue weighted by molar-refractivity contribution is -0.385. The van der Waals surface area contributed by atoms with Crippen LogP contribution in [0, 0.1) is 15.9 Å². The summed E-state index contributed by atoms with van der Waals surface area (Å²) in [6, 6.07) is 9.93. The van der Waals surface area contributed by atoms with Gasteiger partial charge in [0.1, 0.15) is 12.4 Å². The molecule has 0 saturated heterocycles. The van der Waals surface area contributed by atoms with Crippen molar-refractivity contribution in [3.8, 4) is 5.75 Å². The molecule has 4 nitrogen and oxygen atoms in total. The number of nitro groups is 1. The van der Waals surface area contributed by atoms with Gasteiger partial charge in [-0.05, 0) is 18.2 Å². The van der Waals surface area contributed by atoms with Crippen molar-refractivity contribution in [1.29, 1.82) is 0 Å². The number of halogens is 2. The van der Waals surface area contributed by atoms with Gasteiger partial charge in [0.05, 0.1) is 9.95 Å². The van der Waals surface area contributed by atoms with E-state index < -0.39 is 10.7 Å². The number of nitro benzene ring substituents is 1. The molecule has 0 N–H and O–H groups in total. The van der Waals surface area contributed by atoms with Gasteiger partial charge in [0.15, 0.2) is 5.75 Å². The molecule has 98 valence electrons. The minimum absolute atomic E-state index is 0.0317. The largest absolute Gasteiger partial charge is 0.482 e. The summed E-state index contributed by atoms with van der Waals surface area (Å²) in [5.41, 5.74) is 0.432. The van der Waals surface area contributed by atoms with Gasteiger partial charge in [-0.1, -0.05) is 29.8 Å². The quantitative estimate of drug-likeness (QED) is 0.629. The molecule has 0 atom stereocenters. The van der Waals surface area contributed by atoms with Crippen molar-refractivity contribution < 1.29 is 14.1 Å². The van der Waals surface area contributed by atoms with Crippen molar-refractivity contribution in [2.24, 2.45) is 0 Å². The lowest BCUT2D eigenvalue weighted by atomic mass is 10.2. The van der Waals surface area contributed by atoms with E-state index in [0.29, 0.717) is 5.56 Å². The SMILES string of the molecule is O=[N+]([O-])c1ccccc1OCc1ccc(F)cc1Cl. The smallest absolute Gasteiger partial charge is 0.310 e. The van der Waals surface area contributed by atoms with Gasteiger partial charge in [-0.3, -0.25) is 10.1 Å². The van der Waals surface area contributed by atoms with E-state index in [1.54, 1.807) is 12.1 Å². The van der Waals surface area contributed by atoms with E-state index in [2.05, 4.69) is 0 Å². The number of hydrogen-bond donors (Lipinski definition) is 0. The van der Waals surface area contributed by atoms with Crippen molar-refractivity contribution in [3.63, 3.8) is 0 Å². The van der Waals surface area contributed by atoms with E-state index in [9.17, 15) is 14.5 Å². The molecule has 0 aliphatic carbocycles. The van der Waals surface area contributed by atoms with E-state index in [1.165, 1.54) is 30.3 Å². The van der Waals surface area contributed by atoms with Crippen molar-refractivity contribution >= 4 is 17.3 Å². The summed E-state index contributed by atoms with van der Waals surface area (Å²) in [4.78, 5) is 10.3. The van der Waals surface area contributed by atoms with Gasteiger partial charge < -0.3 is 4.74 Å². The lowest BCUT2D eigenvalue weighted by Crippen LogP contribution is -1.99. The highest BCUT2D eigenvalue weighted by Crippen LogP contribution is 2.27. The summed E-state index contributed by atoms with van der Waals surface area (Å²) < 4.78 is 18.2. The molecule has 0 aromatic heterocycles. The Balaban J connectivity index is 2.17. The first-order chi connectivity index (χ1) is 9.08. The zero-order chi connectivity index (χ0) is 13.8. The Kier molecular flexibility index (Phi) is 3.97. The third-order valence-corrected chi connectivity index (χ3v) is 2.81. The molecule has 0 heterocycles. The summed E-state index contributed by atoms with van der Waals surface area (Å²) in [7, 11) is 0. The maximum atomic E-state index is 12.9. The van der Waals surface area contributed by atoms with Crippen LogP contribution in [0.5, 0.6) is 5.75 Å². The first-order valence-corrected chi connectivity index (χ1v) is 5.76. The molecule has 2 rings (SSSR count). The Morgan fingerprint density at radius 2 is 2.00 bits per heavy atom. The number of benzene rings is 2. The molecule has 0 spiro atoms. The monoisotopic (exact) mass is 281 g/mol. The summed E-state index contributed by atoms with van der Waals surface area (Å²) in [6.45, 7) is 0.0317. The molecule has 0 aliphatic rings. The fraction of sp³-hybridized carbons (Fsp3) is 0.0769. The average Bonchev–Trinajstić information content (AvgIpc) is 2.38. The Labute approximate surface area is 113 Å². The number of rotatable bonds is 4. The predicted molar refractivity (Wildman–Crippen MR) is 68.8 cm³/mol. The van der Waals surface area contributed by atoms with Crippen LogP contribution in [0.3, 0.4) is 0 Å². The summed E-state index contributed by atoms with van der Waals surface area (Å²) >= 11 is 5.84. The van der Waals surface area contributed by atoms with Crippen LogP contribution in [0.1, 0.15) is 5.56 Å². The van der Waals surface area contributed by atoms with E-state index >= 15 is 0 Å². The molecule has 0 aliphatic heterocycles. The maximum absolute atomic E-state index is 12.9. The zero-order valence-corrected chi connectivity index (χ0v) is 10.4. The zero-order valence-electron chi connectivity index (χ0n) is 9.68. The van der Waals surface area contributed by atoms with E-state index in [1.807, 2.05) is 0 Å². The lowest BCUT2D eigenvalue weighted by Gasteiger charge is -2.08. The second-order valence-electron chi connectivity index (χ2n) is 3.75. The molecule has 0 saturated carbocycles. The van der Waals surface area contributed by atoms with Gasteiger partial charge in [-0.25, -0.2) is 4.39 Å². The number of para-hydroxylation sites is 2. The van der Waals surface area contributed by atoms with Gasteiger partial charge in [0, 0.05) is 11.6 Å². The van der Waals surface area contributed by atoms with Gasteiger partial charge in [-0.2, -0.15) is 0 Å². The van der Waals surface area contributed by atoms with Crippen LogP contribution in [-0.2, 0) is 6.61 Å². The third kappa shape index (κ3) is 3.20. The molecular formula is C13H9ClFNO3. The van der Waals surface area contributed by atoms with Crippen LogP contribution < -0.4 is 4.74 Å². The Hall–Kier alpha value is -2.14. The molecule has 19 heavy (non-hydrogen) atoms. The number of hydrogen-bond acceptors (Lipinski definition) is 3. The maximum Gasteiger partial charge on any atom is 0.310 e. The van der Waals surface area contributed by atoms with Crippen LogP contribution in [0.15, 0.2) is 42.5 Å². The van der Waals surface area contributed by atoms with Crippen LogP contribution in [-0.4, -0.2) is 4.92 Å². The molecule has 0 unspecified atom stereocenters. The molecule has 0 bridgehead atoms. The normalized spacial score (nSPS) is 10.2. The molecule has 2 aromatic rings. The second-order valence-corrected chi connectivity index (χ2v) is 4.16. The molecule has 0 amide bonds. The van der Waals surface area contributed by atoms with Crippen LogP contribution in [0.4, 0.5) is 10.1 Å². The van der Waals surface area contributed by atoms with Gasteiger partial charge in [0.25, 0.3) is 0 Å². The van der Waals surface area contributed by atoms with E-state index in [4.69, 9.17) is 16.3 Å². The predicted octanol–water partition coefficient (Wildman–Crippen LogP) is 3.97. The molecule has 6 heteroatoms. The first kappa shape index (κ1) is 13.3. The van der Waals surface area contributed by atoms with Gasteiger partial charge in [0.2, 0.25) is 0 Å². The fourth-order valence-electron chi connectivity index (χ4n) is 1.52. The third-order valence-electron chi connectivity index (χ3n) is 2.46. The minimum atomic E-state index is -0.526. The highest BCUT2D eigenvalue weighted by molar-refractivity contribution is 6.31. The standard InChI is InChI=1S/C13H9ClFNO3/c14-11-7-10(15)6-5-9(11)8-19-13-4-2-1-3-12(13)16(17)18/h1-7H,8H2. The highest BCUT2D eigenvalue weighted by Gasteiger charge is 2.14. The van der Waals surface area contributed by atoms with Crippen molar-refractivity contribution in [2.45, 2.75) is 6.61 Å². The number of nitrogens with zero attached hydrogens (tertiary/aromatic N) is 1. The summed E-state index contributed by atoms with van der Waals surface area (Å²) in [5, 5.41) is 11.0.